The lowest BCUT2D eigenvalue weighted by atomic mass is 10.3. The zero-order chi connectivity index (χ0) is 14.8. The fourth-order valence-electron chi connectivity index (χ4n) is 2.59. The van der Waals surface area contributed by atoms with Crippen LogP contribution in [0.3, 0.4) is 0 Å². The molecule has 0 N–H and O–H groups in total. The van der Waals surface area contributed by atoms with Crippen molar-refractivity contribution in [3.05, 3.63) is 28.8 Å². The van der Waals surface area contributed by atoms with E-state index in [2.05, 4.69) is 9.88 Å². The molecule has 1 aromatic heterocycles. The van der Waals surface area contributed by atoms with Gasteiger partial charge in [0.05, 0.1) is 35.1 Å². The summed E-state index contributed by atoms with van der Waals surface area (Å²) in [5.74, 6) is 0.594. The number of morpholine rings is 1. The Kier molecular flexibility index (Phi) is 4.64. The number of nitrogens with zero attached hydrogens (tertiary/aromatic N) is 3. The quantitative estimate of drug-likeness (QED) is 0.807. The molecule has 0 radical (unpaired) electrons. The average molecular weight is 332 g/mol. The van der Waals surface area contributed by atoms with Crippen LogP contribution in [0.4, 0.5) is 4.39 Å². The first kappa shape index (κ1) is 15.0. The molecular weight excluding hydrogens is 316 g/mol. The molecule has 1 aromatic carbocycles. The number of ether oxygens (including phenoxy) is 1. The Morgan fingerprint density at radius 2 is 2.00 bits per heavy atom. The highest BCUT2D eigenvalue weighted by Crippen LogP contribution is 2.24. The Morgan fingerprint density at radius 3 is 2.71 bits per heavy atom. The van der Waals surface area contributed by atoms with Gasteiger partial charge in [-0.2, -0.15) is 0 Å². The number of alkyl halides is 1. The second-order valence-electron chi connectivity index (χ2n) is 5.02. The number of imidazole rings is 1. The number of halogens is 3. The molecule has 21 heavy (non-hydrogen) atoms. The van der Waals surface area contributed by atoms with E-state index in [1.807, 2.05) is 4.57 Å². The number of hydrogen-bond donors (Lipinski definition) is 0. The van der Waals surface area contributed by atoms with E-state index in [0.717, 1.165) is 50.7 Å². The van der Waals surface area contributed by atoms with Crippen molar-refractivity contribution < 1.29 is 9.13 Å². The summed E-state index contributed by atoms with van der Waals surface area (Å²) < 4.78 is 21.0. The molecule has 1 saturated heterocycles. The van der Waals surface area contributed by atoms with Crippen LogP contribution in [0.2, 0.25) is 5.02 Å². The SMILES string of the molecule is Fc1cc2c(cc1Cl)nc(CCl)n2CCN1CCOCC1. The van der Waals surface area contributed by atoms with Crippen molar-refractivity contribution in [1.29, 1.82) is 0 Å². The van der Waals surface area contributed by atoms with Crippen LogP contribution < -0.4 is 0 Å². The van der Waals surface area contributed by atoms with Crippen LogP contribution in [0.1, 0.15) is 5.82 Å². The Balaban J connectivity index is 1.86. The van der Waals surface area contributed by atoms with E-state index in [1.54, 1.807) is 6.07 Å². The third-order valence-electron chi connectivity index (χ3n) is 3.73. The van der Waals surface area contributed by atoms with Crippen molar-refractivity contribution in [2.24, 2.45) is 0 Å². The summed E-state index contributed by atoms with van der Waals surface area (Å²) in [7, 11) is 0. The summed E-state index contributed by atoms with van der Waals surface area (Å²) in [6.45, 7) is 4.95. The fourth-order valence-corrected chi connectivity index (χ4v) is 2.95. The second kappa shape index (κ2) is 6.48. The van der Waals surface area contributed by atoms with Crippen LogP contribution >= 0.6 is 23.2 Å². The van der Waals surface area contributed by atoms with Crippen molar-refractivity contribution in [2.45, 2.75) is 12.4 Å². The van der Waals surface area contributed by atoms with Crippen LogP contribution in [0.5, 0.6) is 0 Å². The molecule has 4 nitrogen and oxygen atoms in total. The molecule has 0 aliphatic carbocycles. The van der Waals surface area contributed by atoms with E-state index in [1.165, 1.54) is 6.07 Å². The highest BCUT2D eigenvalue weighted by atomic mass is 35.5. The van der Waals surface area contributed by atoms with Crippen LogP contribution in [0.15, 0.2) is 12.1 Å². The Hall–Kier alpha value is -0.880. The van der Waals surface area contributed by atoms with Gasteiger partial charge in [-0.25, -0.2) is 9.37 Å². The normalized spacial score (nSPS) is 16.7. The van der Waals surface area contributed by atoms with Gasteiger partial charge in [0.25, 0.3) is 0 Å². The van der Waals surface area contributed by atoms with Gasteiger partial charge >= 0.3 is 0 Å². The monoisotopic (exact) mass is 331 g/mol. The molecular formula is C14H16Cl2FN3O. The van der Waals surface area contributed by atoms with E-state index >= 15 is 0 Å². The zero-order valence-corrected chi connectivity index (χ0v) is 13.0. The van der Waals surface area contributed by atoms with Crippen molar-refractivity contribution in [3.63, 3.8) is 0 Å². The molecule has 2 aromatic rings. The van der Waals surface area contributed by atoms with E-state index in [-0.39, 0.29) is 10.9 Å². The van der Waals surface area contributed by atoms with E-state index in [9.17, 15) is 4.39 Å². The Labute approximate surface area is 132 Å². The molecule has 114 valence electrons. The number of benzene rings is 1. The average Bonchev–Trinajstić information content (AvgIpc) is 2.83. The third kappa shape index (κ3) is 3.16. The number of aromatic nitrogens is 2. The summed E-state index contributed by atoms with van der Waals surface area (Å²) in [5, 5.41) is 0.0847. The topological polar surface area (TPSA) is 30.3 Å². The van der Waals surface area contributed by atoms with Gasteiger partial charge in [-0.15, -0.1) is 11.6 Å². The van der Waals surface area contributed by atoms with Crippen molar-refractivity contribution in [3.8, 4) is 0 Å². The van der Waals surface area contributed by atoms with Gasteiger partial charge in [0.2, 0.25) is 0 Å². The predicted octanol–water partition coefficient (Wildman–Crippen LogP) is 2.90. The molecule has 0 unspecified atom stereocenters. The van der Waals surface area contributed by atoms with Gasteiger partial charge in [-0.1, -0.05) is 11.6 Å². The van der Waals surface area contributed by atoms with Gasteiger partial charge in [0.1, 0.15) is 11.6 Å². The first-order chi connectivity index (χ1) is 10.2. The van der Waals surface area contributed by atoms with Crippen LogP contribution in [0.25, 0.3) is 11.0 Å². The fraction of sp³-hybridized carbons (Fsp3) is 0.500. The summed E-state index contributed by atoms with van der Waals surface area (Å²) in [5.41, 5.74) is 1.42. The van der Waals surface area contributed by atoms with Crippen molar-refractivity contribution in [2.75, 3.05) is 32.8 Å². The smallest absolute Gasteiger partial charge is 0.144 e. The molecule has 2 heterocycles. The third-order valence-corrected chi connectivity index (χ3v) is 4.26. The minimum absolute atomic E-state index is 0.0847. The zero-order valence-electron chi connectivity index (χ0n) is 11.5. The summed E-state index contributed by atoms with van der Waals surface area (Å²) in [6.07, 6.45) is 0. The maximum Gasteiger partial charge on any atom is 0.144 e. The molecule has 0 bridgehead atoms. The summed E-state index contributed by atoms with van der Waals surface area (Å²) in [4.78, 5) is 6.75. The van der Waals surface area contributed by atoms with E-state index in [0.29, 0.717) is 5.52 Å². The van der Waals surface area contributed by atoms with E-state index in [4.69, 9.17) is 27.9 Å². The van der Waals surface area contributed by atoms with Gasteiger partial charge in [-0.3, -0.25) is 4.90 Å². The van der Waals surface area contributed by atoms with Crippen molar-refractivity contribution >= 4 is 34.2 Å². The lowest BCUT2D eigenvalue weighted by Gasteiger charge is -2.26. The summed E-state index contributed by atoms with van der Waals surface area (Å²) >= 11 is 11.8. The number of hydrogen-bond acceptors (Lipinski definition) is 3. The highest BCUT2D eigenvalue weighted by molar-refractivity contribution is 6.31. The molecule has 0 amide bonds. The largest absolute Gasteiger partial charge is 0.379 e. The molecule has 7 heteroatoms. The highest BCUT2D eigenvalue weighted by Gasteiger charge is 2.15. The Morgan fingerprint density at radius 1 is 1.24 bits per heavy atom. The summed E-state index contributed by atoms with van der Waals surface area (Å²) in [6, 6.07) is 2.98. The molecule has 1 aliphatic heterocycles. The molecule has 1 aliphatic rings. The van der Waals surface area contributed by atoms with Crippen LogP contribution in [-0.4, -0.2) is 47.3 Å². The lowest BCUT2D eigenvalue weighted by molar-refractivity contribution is 0.0364. The maximum absolute atomic E-state index is 13.7. The number of fused-ring (bicyclic) bond motifs is 1. The van der Waals surface area contributed by atoms with Crippen LogP contribution in [-0.2, 0) is 17.2 Å². The van der Waals surface area contributed by atoms with Crippen molar-refractivity contribution in [1.82, 2.24) is 14.5 Å². The molecule has 1 fully saturated rings. The van der Waals surface area contributed by atoms with Crippen LogP contribution in [0, 0.1) is 5.82 Å². The molecule has 0 spiro atoms. The minimum Gasteiger partial charge on any atom is -0.379 e. The maximum atomic E-state index is 13.7. The van der Waals surface area contributed by atoms with Gasteiger partial charge in [0, 0.05) is 32.2 Å². The first-order valence-corrected chi connectivity index (χ1v) is 7.80. The second-order valence-corrected chi connectivity index (χ2v) is 5.70. The molecule has 0 atom stereocenters. The van der Waals surface area contributed by atoms with Gasteiger partial charge in [0.15, 0.2) is 0 Å². The standard InChI is InChI=1S/C14H16Cl2FN3O/c15-9-14-18-12-7-10(16)11(17)8-13(12)20(14)2-1-19-3-5-21-6-4-19/h7-8H,1-6,9H2. The molecule has 3 rings (SSSR count). The lowest BCUT2D eigenvalue weighted by Crippen LogP contribution is -2.38. The predicted molar refractivity (Wildman–Crippen MR) is 81.5 cm³/mol. The molecule has 0 saturated carbocycles. The van der Waals surface area contributed by atoms with E-state index < -0.39 is 5.82 Å². The first-order valence-electron chi connectivity index (χ1n) is 6.89. The Bertz CT molecular complexity index is 641. The number of rotatable bonds is 4. The minimum atomic E-state index is -0.433. The van der Waals surface area contributed by atoms with Gasteiger partial charge < -0.3 is 9.30 Å². The van der Waals surface area contributed by atoms with Gasteiger partial charge in [-0.05, 0) is 6.07 Å².